The Hall–Kier alpha value is -2.36. The Labute approximate surface area is 170 Å². The highest BCUT2D eigenvalue weighted by molar-refractivity contribution is 7.92. The fourth-order valence-corrected chi connectivity index (χ4v) is 4.18. The molecule has 1 fully saturated rings. The molecule has 0 amide bonds. The van der Waals surface area contributed by atoms with Gasteiger partial charge < -0.3 is 20.1 Å². The summed E-state index contributed by atoms with van der Waals surface area (Å²) in [6.45, 7) is 1.41. The van der Waals surface area contributed by atoms with Crippen LogP contribution >= 0.6 is 12.2 Å². The monoisotopic (exact) mass is 421 g/mol. The average Bonchev–Trinajstić information content (AvgIpc) is 3.20. The molecule has 0 unspecified atom stereocenters. The van der Waals surface area contributed by atoms with Gasteiger partial charge in [-0.2, -0.15) is 0 Å². The number of thiocarbonyl (C=S) groups is 1. The third kappa shape index (κ3) is 5.34. The number of hydrogen-bond donors (Lipinski definition) is 3. The molecule has 0 radical (unpaired) electrons. The standard InChI is InChI=1S/C19H23N3O4S2/c1-25-18-10-3-2-9-17(18)22-28(23,24)16-8-4-6-14(12-16)21-19(27)20-13-15-7-5-11-26-15/h2-4,6,8-10,12,15,22H,5,7,11,13H2,1H3,(H2,20,21,27)/t15-/m0/s1. The second kappa shape index (κ2) is 9.22. The number of benzene rings is 2. The maximum atomic E-state index is 12.7. The number of sulfonamides is 1. The van der Waals surface area contributed by atoms with Crippen molar-refractivity contribution in [2.24, 2.45) is 0 Å². The first kappa shape index (κ1) is 20.4. The van der Waals surface area contributed by atoms with Crippen molar-refractivity contribution in [2.45, 2.75) is 23.8 Å². The molecule has 0 spiro atoms. The summed E-state index contributed by atoms with van der Waals surface area (Å²) in [6.07, 6.45) is 2.24. The van der Waals surface area contributed by atoms with Crippen molar-refractivity contribution in [3.05, 3.63) is 48.5 Å². The lowest BCUT2D eigenvalue weighted by atomic mass is 10.2. The van der Waals surface area contributed by atoms with E-state index in [0.29, 0.717) is 28.8 Å². The first-order valence-corrected chi connectivity index (χ1v) is 10.8. The van der Waals surface area contributed by atoms with Gasteiger partial charge in [-0.3, -0.25) is 4.72 Å². The lowest BCUT2D eigenvalue weighted by Crippen LogP contribution is -2.34. The summed E-state index contributed by atoms with van der Waals surface area (Å²) in [5.74, 6) is 0.444. The van der Waals surface area contributed by atoms with Crippen molar-refractivity contribution in [3.63, 3.8) is 0 Å². The topological polar surface area (TPSA) is 88.7 Å². The van der Waals surface area contributed by atoms with Gasteiger partial charge in [-0.05, 0) is 55.4 Å². The number of rotatable bonds is 7. The minimum Gasteiger partial charge on any atom is -0.495 e. The van der Waals surface area contributed by atoms with Crippen molar-refractivity contribution in [1.29, 1.82) is 0 Å². The number of nitrogens with one attached hydrogen (secondary N) is 3. The van der Waals surface area contributed by atoms with Crippen LogP contribution < -0.4 is 20.1 Å². The molecule has 28 heavy (non-hydrogen) atoms. The number of anilines is 2. The Kier molecular flexibility index (Phi) is 6.71. The van der Waals surface area contributed by atoms with E-state index in [0.717, 1.165) is 19.4 Å². The minimum absolute atomic E-state index is 0.116. The average molecular weight is 422 g/mol. The molecule has 3 rings (SSSR count). The Balaban J connectivity index is 1.66. The molecule has 7 nitrogen and oxygen atoms in total. The summed E-state index contributed by atoms with van der Waals surface area (Å²) in [5.41, 5.74) is 0.949. The predicted octanol–water partition coefficient (Wildman–Crippen LogP) is 2.96. The molecule has 150 valence electrons. The summed E-state index contributed by atoms with van der Waals surface area (Å²) >= 11 is 5.29. The van der Waals surface area contributed by atoms with Crippen LogP contribution in [-0.4, -0.2) is 39.9 Å². The SMILES string of the molecule is COc1ccccc1NS(=O)(=O)c1cccc(NC(=S)NC[C@@H]2CCCO2)c1. The number of ether oxygens (including phenoxy) is 2. The number of para-hydroxylation sites is 2. The molecule has 1 saturated heterocycles. The summed E-state index contributed by atoms with van der Waals surface area (Å²) in [5, 5.41) is 6.53. The third-order valence-electron chi connectivity index (χ3n) is 4.27. The predicted molar refractivity (Wildman–Crippen MR) is 113 cm³/mol. The minimum atomic E-state index is -3.78. The molecule has 0 saturated carbocycles. The van der Waals surface area contributed by atoms with E-state index >= 15 is 0 Å². The van der Waals surface area contributed by atoms with Crippen molar-refractivity contribution in [1.82, 2.24) is 5.32 Å². The van der Waals surface area contributed by atoms with Crippen LogP contribution in [0.2, 0.25) is 0 Å². The van der Waals surface area contributed by atoms with Crippen molar-refractivity contribution in [2.75, 3.05) is 30.3 Å². The summed E-state index contributed by atoms with van der Waals surface area (Å²) in [6, 6.07) is 13.3. The third-order valence-corrected chi connectivity index (χ3v) is 5.88. The van der Waals surface area contributed by atoms with Crippen LogP contribution in [0.25, 0.3) is 0 Å². The molecule has 1 heterocycles. The van der Waals surface area contributed by atoms with Crippen molar-refractivity contribution >= 4 is 38.7 Å². The second-order valence-electron chi connectivity index (χ2n) is 6.30. The maximum absolute atomic E-state index is 12.7. The van der Waals surface area contributed by atoms with E-state index in [1.54, 1.807) is 36.4 Å². The van der Waals surface area contributed by atoms with Gasteiger partial charge in [0.05, 0.1) is 23.8 Å². The lowest BCUT2D eigenvalue weighted by molar-refractivity contribution is 0.114. The first-order chi connectivity index (χ1) is 13.5. The van der Waals surface area contributed by atoms with Crippen molar-refractivity contribution < 1.29 is 17.9 Å². The first-order valence-electron chi connectivity index (χ1n) is 8.90. The second-order valence-corrected chi connectivity index (χ2v) is 8.39. The normalized spacial score (nSPS) is 16.4. The van der Waals surface area contributed by atoms with E-state index in [-0.39, 0.29) is 11.0 Å². The Morgan fingerprint density at radius 1 is 1.25 bits per heavy atom. The van der Waals surface area contributed by atoms with Crippen LogP contribution in [0.1, 0.15) is 12.8 Å². The molecule has 2 aromatic rings. The fraction of sp³-hybridized carbons (Fsp3) is 0.316. The quantitative estimate of drug-likeness (QED) is 0.592. The number of hydrogen-bond acceptors (Lipinski definition) is 5. The van der Waals surface area contributed by atoms with Crippen LogP contribution in [0.4, 0.5) is 11.4 Å². The van der Waals surface area contributed by atoms with Gasteiger partial charge in [0.25, 0.3) is 10.0 Å². The molecular weight excluding hydrogens is 398 g/mol. The van der Waals surface area contributed by atoms with Gasteiger partial charge in [-0.15, -0.1) is 0 Å². The highest BCUT2D eigenvalue weighted by Gasteiger charge is 2.18. The Morgan fingerprint density at radius 2 is 2.07 bits per heavy atom. The van der Waals surface area contributed by atoms with E-state index in [9.17, 15) is 8.42 Å². The fourth-order valence-electron chi connectivity index (χ4n) is 2.86. The van der Waals surface area contributed by atoms with Crippen LogP contribution in [0.3, 0.4) is 0 Å². The largest absolute Gasteiger partial charge is 0.495 e. The van der Waals surface area contributed by atoms with E-state index in [1.807, 2.05) is 0 Å². The zero-order valence-corrected chi connectivity index (χ0v) is 17.1. The van der Waals surface area contributed by atoms with Gasteiger partial charge in [0, 0.05) is 18.8 Å². The van der Waals surface area contributed by atoms with Gasteiger partial charge in [0.15, 0.2) is 5.11 Å². The highest BCUT2D eigenvalue weighted by atomic mass is 32.2. The smallest absolute Gasteiger partial charge is 0.262 e. The van der Waals surface area contributed by atoms with E-state index < -0.39 is 10.0 Å². The van der Waals surface area contributed by atoms with Gasteiger partial charge in [0.2, 0.25) is 0 Å². The van der Waals surface area contributed by atoms with Gasteiger partial charge in [0.1, 0.15) is 5.75 Å². The zero-order valence-electron chi connectivity index (χ0n) is 15.5. The van der Waals surface area contributed by atoms with Gasteiger partial charge in [-0.25, -0.2) is 8.42 Å². The van der Waals surface area contributed by atoms with E-state index in [2.05, 4.69) is 15.4 Å². The molecule has 1 aliphatic heterocycles. The van der Waals surface area contributed by atoms with Crippen LogP contribution in [0, 0.1) is 0 Å². The molecule has 2 aromatic carbocycles. The van der Waals surface area contributed by atoms with E-state index in [4.69, 9.17) is 21.7 Å². The molecule has 3 N–H and O–H groups in total. The summed E-state index contributed by atoms with van der Waals surface area (Å²) in [7, 11) is -2.29. The molecule has 1 atom stereocenters. The van der Waals surface area contributed by atoms with Crippen molar-refractivity contribution in [3.8, 4) is 5.75 Å². The zero-order chi connectivity index (χ0) is 20.0. The molecule has 1 aliphatic rings. The molecular formula is C19H23N3O4S2. The molecule has 9 heteroatoms. The van der Waals surface area contributed by atoms with Crippen LogP contribution in [-0.2, 0) is 14.8 Å². The summed E-state index contributed by atoms with van der Waals surface area (Å²) < 4.78 is 38.8. The number of methoxy groups -OCH3 is 1. The maximum Gasteiger partial charge on any atom is 0.262 e. The Morgan fingerprint density at radius 3 is 2.82 bits per heavy atom. The summed E-state index contributed by atoms with van der Waals surface area (Å²) in [4.78, 5) is 0.116. The lowest BCUT2D eigenvalue weighted by Gasteiger charge is -2.15. The van der Waals surface area contributed by atoms with Crippen LogP contribution in [0.5, 0.6) is 5.75 Å². The Bertz CT molecular complexity index is 928. The van der Waals surface area contributed by atoms with Crippen LogP contribution in [0.15, 0.2) is 53.4 Å². The van der Waals surface area contributed by atoms with Gasteiger partial charge in [-0.1, -0.05) is 18.2 Å². The molecule has 0 aliphatic carbocycles. The molecule has 0 bridgehead atoms. The molecule has 0 aromatic heterocycles. The van der Waals surface area contributed by atoms with E-state index in [1.165, 1.54) is 19.2 Å². The highest BCUT2D eigenvalue weighted by Crippen LogP contribution is 2.26. The van der Waals surface area contributed by atoms with Gasteiger partial charge >= 0.3 is 0 Å².